The molecule has 1 unspecified atom stereocenters. The minimum atomic E-state index is -1.65. The van der Waals surface area contributed by atoms with Gasteiger partial charge < -0.3 is 26.0 Å². The zero-order chi connectivity index (χ0) is 15.0. The summed E-state index contributed by atoms with van der Waals surface area (Å²) in [6.45, 7) is 1.55. The fourth-order valence-electron chi connectivity index (χ4n) is 1.13. The second-order valence-electron chi connectivity index (χ2n) is 3.56. The van der Waals surface area contributed by atoms with Gasteiger partial charge in [0.1, 0.15) is 6.04 Å². The molecule has 0 aliphatic carbocycles. The summed E-state index contributed by atoms with van der Waals surface area (Å²) in [5.74, 6) is -4.63. The Balaban J connectivity index is 4.50. The second-order valence-corrected chi connectivity index (χ2v) is 3.56. The standard InChI is InChI=1S/C10H16N2O7/c1-2-19-10(18)7(11)8(15)12-5(9(16)17)3-4-6(13)14/h5,7H,2-4,11H2,1H3,(H,12,15)(H,13,14)(H,16,17)/t5-,7?/m0/s1. The number of carbonyl (C=O) groups is 4. The van der Waals surface area contributed by atoms with Crippen LogP contribution in [0.3, 0.4) is 0 Å². The first-order valence-electron chi connectivity index (χ1n) is 5.46. The molecule has 0 aliphatic rings. The van der Waals surface area contributed by atoms with E-state index in [9.17, 15) is 19.2 Å². The van der Waals surface area contributed by atoms with E-state index in [2.05, 4.69) is 4.74 Å². The van der Waals surface area contributed by atoms with Crippen LogP contribution in [0, 0.1) is 0 Å². The molecule has 108 valence electrons. The molecule has 1 amide bonds. The van der Waals surface area contributed by atoms with Crippen molar-refractivity contribution in [2.24, 2.45) is 5.73 Å². The minimum Gasteiger partial charge on any atom is -0.481 e. The van der Waals surface area contributed by atoms with Crippen LogP contribution in [-0.4, -0.2) is 52.7 Å². The number of hydrogen-bond acceptors (Lipinski definition) is 6. The molecule has 0 rings (SSSR count). The van der Waals surface area contributed by atoms with Gasteiger partial charge in [-0.1, -0.05) is 0 Å². The van der Waals surface area contributed by atoms with E-state index in [0.29, 0.717) is 0 Å². The van der Waals surface area contributed by atoms with E-state index in [1.807, 2.05) is 5.32 Å². The third-order valence-corrected chi connectivity index (χ3v) is 2.08. The molecule has 0 bridgehead atoms. The number of aliphatic carboxylic acids is 2. The Morgan fingerprint density at radius 1 is 1.26 bits per heavy atom. The van der Waals surface area contributed by atoms with Crippen LogP contribution >= 0.6 is 0 Å². The number of carboxylic acid groups (broad SMARTS) is 2. The van der Waals surface area contributed by atoms with E-state index in [1.165, 1.54) is 6.92 Å². The van der Waals surface area contributed by atoms with Crippen molar-refractivity contribution in [3.05, 3.63) is 0 Å². The lowest BCUT2D eigenvalue weighted by molar-refractivity contribution is -0.150. The van der Waals surface area contributed by atoms with Crippen LogP contribution in [0.2, 0.25) is 0 Å². The van der Waals surface area contributed by atoms with Crippen molar-refractivity contribution in [2.75, 3.05) is 6.61 Å². The number of esters is 1. The van der Waals surface area contributed by atoms with Crippen molar-refractivity contribution in [3.63, 3.8) is 0 Å². The summed E-state index contributed by atoms with van der Waals surface area (Å²) in [6.07, 6.45) is -0.752. The Morgan fingerprint density at radius 2 is 1.84 bits per heavy atom. The third-order valence-electron chi connectivity index (χ3n) is 2.08. The smallest absolute Gasteiger partial charge is 0.332 e. The summed E-state index contributed by atoms with van der Waals surface area (Å²) < 4.78 is 4.50. The molecule has 9 heteroatoms. The Morgan fingerprint density at radius 3 is 2.26 bits per heavy atom. The largest absolute Gasteiger partial charge is 0.481 e. The zero-order valence-corrected chi connectivity index (χ0v) is 10.3. The summed E-state index contributed by atoms with van der Waals surface area (Å²) in [4.78, 5) is 43.8. The first-order chi connectivity index (χ1) is 8.79. The van der Waals surface area contributed by atoms with Gasteiger partial charge in [-0.05, 0) is 13.3 Å². The normalized spacial score (nSPS) is 13.2. The molecule has 0 fully saturated rings. The first-order valence-corrected chi connectivity index (χ1v) is 5.46. The van der Waals surface area contributed by atoms with Gasteiger partial charge in [-0.25, -0.2) is 9.59 Å². The number of hydrogen-bond donors (Lipinski definition) is 4. The second kappa shape index (κ2) is 8.03. The van der Waals surface area contributed by atoms with Crippen LogP contribution in [0.4, 0.5) is 0 Å². The van der Waals surface area contributed by atoms with E-state index < -0.39 is 42.3 Å². The summed E-state index contributed by atoms with van der Waals surface area (Å²) in [5.41, 5.74) is 5.26. The highest BCUT2D eigenvalue weighted by Crippen LogP contribution is 1.99. The SMILES string of the molecule is CCOC(=O)C(N)C(=O)N[C@@H](CCC(=O)O)C(=O)O. The molecule has 0 heterocycles. The molecule has 0 spiro atoms. The number of ether oxygens (including phenoxy) is 1. The summed E-state index contributed by atoms with van der Waals surface area (Å²) in [7, 11) is 0. The topological polar surface area (TPSA) is 156 Å². The fourth-order valence-corrected chi connectivity index (χ4v) is 1.13. The molecule has 0 aromatic carbocycles. The highest BCUT2D eigenvalue weighted by Gasteiger charge is 2.28. The maximum Gasteiger partial charge on any atom is 0.332 e. The predicted molar refractivity (Wildman–Crippen MR) is 61.0 cm³/mol. The van der Waals surface area contributed by atoms with Crippen molar-refractivity contribution in [2.45, 2.75) is 31.8 Å². The number of carbonyl (C=O) groups excluding carboxylic acids is 2. The monoisotopic (exact) mass is 276 g/mol. The molecule has 9 nitrogen and oxygen atoms in total. The van der Waals surface area contributed by atoms with Gasteiger partial charge in [0.2, 0.25) is 5.91 Å². The van der Waals surface area contributed by atoms with Gasteiger partial charge in [0.15, 0.2) is 6.04 Å². The molecule has 0 saturated heterocycles. The van der Waals surface area contributed by atoms with E-state index in [0.717, 1.165) is 0 Å². The molecular formula is C10H16N2O7. The van der Waals surface area contributed by atoms with E-state index in [1.54, 1.807) is 0 Å². The van der Waals surface area contributed by atoms with Gasteiger partial charge in [-0.15, -0.1) is 0 Å². The van der Waals surface area contributed by atoms with Gasteiger partial charge in [0.25, 0.3) is 0 Å². The van der Waals surface area contributed by atoms with Gasteiger partial charge in [-0.2, -0.15) is 0 Å². The Hall–Kier alpha value is -2.16. The zero-order valence-electron chi connectivity index (χ0n) is 10.3. The fraction of sp³-hybridized carbons (Fsp3) is 0.600. The van der Waals surface area contributed by atoms with E-state index in [-0.39, 0.29) is 13.0 Å². The molecule has 0 radical (unpaired) electrons. The predicted octanol–water partition coefficient (Wildman–Crippen LogP) is -1.69. The van der Waals surface area contributed by atoms with Crippen molar-refractivity contribution in [1.29, 1.82) is 0 Å². The molecule has 0 aromatic heterocycles. The van der Waals surface area contributed by atoms with Crippen LogP contribution in [0.25, 0.3) is 0 Å². The number of amides is 1. The van der Waals surface area contributed by atoms with Crippen LogP contribution in [-0.2, 0) is 23.9 Å². The summed E-state index contributed by atoms with van der Waals surface area (Å²) in [5, 5.41) is 19.2. The van der Waals surface area contributed by atoms with Crippen LogP contribution in [0.5, 0.6) is 0 Å². The van der Waals surface area contributed by atoms with Crippen molar-refractivity contribution in [3.8, 4) is 0 Å². The molecule has 5 N–H and O–H groups in total. The Labute approximate surface area is 108 Å². The van der Waals surface area contributed by atoms with Crippen molar-refractivity contribution < 1.29 is 34.1 Å². The third kappa shape index (κ3) is 6.36. The number of carboxylic acids is 2. The Kier molecular flexibility index (Phi) is 7.12. The molecular weight excluding hydrogens is 260 g/mol. The summed E-state index contributed by atoms with van der Waals surface area (Å²) >= 11 is 0. The van der Waals surface area contributed by atoms with Gasteiger partial charge in [-0.3, -0.25) is 9.59 Å². The van der Waals surface area contributed by atoms with Crippen LogP contribution < -0.4 is 11.1 Å². The van der Waals surface area contributed by atoms with Crippen LogP contribution in [0.1, 0.15) is 19.8 Å². The van der Waals surface area contributed by atoms with E-state index in [4.69, 9.17) is 15.9 Å². The highest BCUT2D eigenvalue weighted by atomic mass is 16.5. The minimum absolute atomic E-state index is 0.0290. The molecule has 19 heavy (non-hydrogen) atoms. The number of nitrogens with two attached hydrogens (primary N) is 1. The van der Waals surface area contributed by atoms with Gasteiger partial charge >= 0.3 is 17.9 Å². The maximum atomic E-state index is 11.5. The molecule has 0 aromatic rings. The van der Waals surface area contributed by atoms with Crippen LogP contribution in [0.15, 0.2) is 0 Å². The lowest BCUT2D eigenvalue weighted by Crippen LogP contribution is -2.52. The Bertz CT molecular complexity index is 369. The van der Waals surface area contributed by atoms with Crippen molar-refractivity contribution in [1.82, 2.24) is 5.32 Å². The number of nitrogens with one attached hydrogen (secondary N) is 1. The molecule has 2 atom stereocenters. The van der Waals surface area contributed by atoms with Gasteiger partial charge in [0, 0.05) is 6.42 Å². The summed E-state index contributed by atoms with van der Waals surface area (Å²) in [6, 6.07) is -3.07. The molecule has 0 saturated carbocycles. The highest BCUT2D eigenvalue weighted by molar-refractivity contribution is 6.02. The average molecular weight is 276 g/mol. The first kappa shape index (κ1) is 16.8. The van der Waals surface area contributed by atoms with E-state index >= 15 is 0 Å². The maximum absolute atomic E-state index is 11.5. The van der Waals surface area contributed by atoms with Crippen molar-refractivity contribution >= 4 is 23.8 Å². The lowest BCUT2D eigenvalue weighted by Gasteiger charge is -2.16. The average Bonchev–Trinajstić information content (AvgIpc) is 2.32. The number of rotatable bonds is 8. The van der Waals surface area contributed by atoms with Gasteiger partial charge in [0.05, 0.1) is 6.61 Å². The lowest BCUT2D eigenvalue weighted by atomic mass is 10.1. The quantitative estimate of drug-likeness (QED) is 0.302. The molecule has 0 aliphatic heterocycles.